The molecule has 0 amide bonds. The summed E-state index contributed by atoms with van der Waals surface area (Å²) in [5.74, 6) is -5.60. The van der Waals surface area contributed by atoms with Crippen molar-refractivity contribution in [3.8, 4) is 0 Å². The lowest BCUT2D eigenvalue weighted by atomic mass is 9.99. The monoisotopic (exact) mass is 259 g/mol. The summed E-state index contributed by atoms with van der Waals surface area (Å²) >= 11 is 5.67. The average molecular weight is 260 g/mol. The molecule has 0 saturated heterocycles. The molecule has 1 unspecified atom stereocenters. The van der Waals surface area contributed by atoms with Gasteiger partial charge in [-0.1, -0.05) is 17.7 Å². The van der Waals surface area contributed by atoms with Crippen molar-refractivity contribution in [2.24, 2.45) is 0 Å². The lowest BCUT2D eigenvalue weighted by Crippen LogP contribution is -2.36. The van der Waals surface area contributed by atoms with Crippen LogP contribution in [0.15, 0.2) is 18.2 Å². The molecule has 0 aliphatic carbocycles. The van der Waals surface area contributed by atoms with Gasteiger partial charge in [0.05, 0.1) is 12.6 Å². The molecule has 1 aromatic carbocycles. The number of carbonyl (C=O) groups excluding carboxylic acids is 2. The molecule has 1 atom stereocenters. The van der Waals surface area contributed by atoms with Gasteiger partial charge in [-0.3, -0.25) is 4.79 Å². The number of halogens is 2. The second kappa shape index (κ2) is 5.63. The molecule has 92 valence electrons. The van der Waals surface area contributed by atoms with Gasteiger partial charge in [-0.15, -0.1) is 0 Å². The van der Waals surface area contributed by atoms with Crippen molar-refractivity contribution in [3.05, 3.63) is 34.6 Å². The highest BCUT2D eigenvalue weighted by Gasteiger charge is 2.28. The Morgan fingerprint density at radius 1 is 1.53 bits per heavy atom. The van der Waals surface area contributed by atoms with E-state index in [9.17, 15) is 19.1 Å². The molecular weight excluding hydrogens is 251 g/mol. The predicted molar refractivity (Wildman–Crippen MR) is 55.8 cm³/mol. The van der Waals surface area contributed by atoms with Crippen LogP contribution in [0.4, 0.5) is 4.39 Å². The largest absolute Gasteiger partial charge is 0.549 e. The van der Waals surface area contributed by atoms with Gasteiger partial charge in [0.15, 0.2) is 0 Å². The number of esters is 1. The molecule has 0 saturated carbocycles. The molecular formula is C11H9ClFO4-. The summed E-state index contributed by atoms with van der Waals surface area (Å²) in [6.45, 7) is 1.49. The first-order valence-corrected chi connectivity index (χ1v) is 5.18. The highest BCUT2D eigenvalue weighted by atomic mass is 35.5. The van der Waals surface area contributed by atoms with Gasteiger partial charge in [-0.25, -0.2) is 4.39 Å². The quantitative estimate of drug-likeness (QED) is 0.595. The molecule has 0 aliphatic rings. The van der Waals surface area contributed by atoms with Gasteiger partial charge in [-0.2, -0.15) is 0 Å². The Hall–Kier alpha value is -1.62. The molecule has 6 heteroatoms. The van der Waals surface area contributed by atoms with Gasteiger partial charge in [0.2, 0.25) is 0 Å². The molecule has 1 aromatic rings. The van der Waals surface area contributed by atoms with E-state index in [1.807, 2.05) is 0 Å². The fourth-order valence-electron chi connectivity index (χ4n) is 1.34. The Kier molecular flexibility index (Phi) is 4.45. The molecule has 17 heavy (non-hydrogen) atoms. The van der Waals surface area contributed by atoms with Crippen LogP contribution in [0.25, 0.3) is 0 Å². The zero-order valence-corrected chi connectivity index (χ0v) is 9.66. The van der Waals surface area contributed by atoms with E-state index >= 15 is 0 Å². The van der Waals surface area contributed by atoms with E-state index in [0.29, 0.717) is 0 Å². The molecule has 0 bridgehead atoms. The lowest BCUT2D eigenvalue weighted by molar-refractivity contribution is -0.307. The van der Waals surface area contributed by atoms with E-state index in [-0.39, 0.29) is 11.6 Å². The van der Waals surface area contributed by atoms with Crippen molar-refractivity contribution in [2.45, 2.75) is 12.8 Å². The minimum Gasteiger partial charge on any atom is -0.549 e. The first-order valence-electron chi connectivity index (χ1n) is 4.80. The lowest BCUT2D eigenvalue weighted by Gasteiger charge is -2.18. The Labute approximate surface area is 102 Å². The van der Waals surface area contributed by atoms with Gasteiger partial charge in [0.25, 0.3) is 0 Å². The third kappa shape index (κ3) is 2.94. The highest BCUT2D eigenvalue weighted by molar-refractivity contribution is 6.32. The van der Waals surface area contributed by atoms with Crippen molar-refractivity contribution >= 4 is 23.5 Å². The number of aliphatic carboxylic acids is 1. The predicted octanol–water partition coefficient (Wildman–Crippen LogP) is 0.876. The topological polar surface area (TPSA) is 66.4 Å². The summed E-state index contributed by atoms with van der Waals surface area (Å²) in [5.41, 5.74) is -0.437. The van der Waals surface area contributed by atoms with Crippen LogP contribution in [0.2, 0.25) is 5.02 Å². The number of hydrogen-bond donors (Lipinski definition) is 0. The van der Waals surface area contributed by atoms with E-state index in [4.69, 9.17) is 11.6 Å². The van der Waals surface area contributed by atoms with E-state index in [2.05, 4.69) is 4.74 Å². The second-order valence-electron chi connectivity index (χ2n) is 3.14. The first kappa shape index (κ1) is 13.4. The van der Waals surface area contributed by atoms with Crippen LogP contribution < -0.4 is 5.11 Å². The average Bonchev–Trinajstić information content (AvgIpc) is 2.23. The van der Waals surface area contributed by atoms with E-state index in [1.54, 1.807) is 0 Å². The third-order valence-electron chi connectivity index (χ3n) is 2.05. The van der Waals surface area contributed by atoms with Crippen LogP contribution in [0.3, 0.4) is 0 Å². The zero-order valence-electron chi connectivity index (χ0n) is 8.91. The van der Waals surface area contributed by atoms with Crippen molar-refractivity contribution < 1.29 is 23.8 Å². The number of hydrogen-bond acceptors (Lipinski definition) is 4. The Balaban J connectivity index is 3.23. The third-order valence-corrected chi connectivity index (χ3v) is 2.38. The Morgan fingerprint density at radius 3 is 2.65 bits per heavy atom. The number of carboxylic acid groups (broad SMARTS) is 1. The highest BCUT2D eigenvalue weighted by Crippen LogP contribution is 2.28. The molecule has 4 nitrogen and oxygen atoms in total. The maximum absolute atomic E-state index is 13.5. The molecule has 0 spiro atoms. The molecule has 0 radical (unpaired) electrons. The smallest absolute Gasteiger partial charge is 0.319 e. The Bertz CT molecular complexity index is 427. The number of carboxylic acids is 1. The van der Waals surface area contributed by atoms with Crippen LogP contribution in [0, 0.1) is 5.82 Å². The summed E-state index contributed by atoms with van der Waals surface area (Å²) in [4.78, 5) is 22.3. The van der Waals surface area contributed by atoms with Crippen molar-refractivity contribution in [1.82, 2.24) is 0 Å². The van der Waals surface area contributed by atoms with Crippen LogP contribution >= 0.6 is 11.6 Å². The van der Waals surface area contributed by atoms with Crippen molar-refractivity contribution in [2.75, 3.05) is 6.61 Å². The summed E-state index contributed by atoms with van der Waals surface area (Å²) in [6, 6.07) is 3.60. The van der Waals surface area contributed by atoms with Crippen LogP contribution in [-0.4, -0.2) is 18.5 Å². The minimum absolute atomic E-state index is 0.0192. The normalized spacial score (nSPS) is 11.9. The van der Waals surface area contributed by atoms with Gasteiger partial charge < -0.3 is 14.6 Å². The second-order valence-corrected chi connectivity index (χ2v) is 3.55. The van der Waals surface area contributed by atoms with E-state index < -0.39 is 29.2 Å². The summed E-state index contributed by atoms with van der Waals surface area (Å²) in [6.07, 6.45) is 0. The summed E-state index contributed by atoms with van der Waals surface area (Å²) in [5, 5.41) is 10.7. The fraction of sp³-hybridized carbons (Fsp3) is 0.273. The molecule has 0 N–H and O–H groups in total. The molecule has 0 aromatic heterocycles. The van der Waals surface area contributed by atoms with Crippen LogP contribution in [0.1, 0.15) is 18.4 Å². The molecule has 0 aliphatic heterocycles. The fourth-order valence-corrected chi connectivity index (χ4v) is 1.62. The van der Waals surface area contributed by atoms with Crippen molar-refractivity contribution in [3.63, 3.8) is 0 Å². The maximum atomic E-state index is 13.5. The number of carbonyl (C=O) groups is 2. The molecule has 1 rings (SSSR count). The van der Waals surface area contributed by atoms with Crippen LogP contribution in [-0.2, 0) is 14.3 Å². The van der Waals surface area contributed by atoms with E-state index in [0.717, 1.165) is 6.07 Å². The Morgan fingerprint density at radius 2 is 2.18 bits per heavy atom. The number of benzene rings is 1. The zero-order chi connectivity index (χ0) is 13.0. The summed E-state index contributed by atoms with van der Waals surface area (Å²) in [7, 11) is 0. The van der Waals surface area contributed by atoms with Crippen molar-refractivity contribution in [1.29, 1.82) is 0 Å². The minimum atomic E-state index is -1.86. The van der Waals surface area contributed by atoms with Gasteiger partial charge in [-0.05, 0) is 19.1 Å². The summed E-state index contributed by atoms with van der Waals surface area (Å²) < 4.78 is 18.0. The number of ether oxygens (including phenoxy) is 1. The standard InChI is InChI=1S/C11H10ClFO4/c1-2-17-11(16)9(10(14)15)8-6(12)4-3-5-7(8)13/h3-5,9H,2H2,1H3,(H,14,15)/p-1. The number of rotatable bonds is 4. The van der Waals surface area contributed by atoms with Gasteiger partial charge >= 0.3 is 5.97 Å². The SMILES string of the molecule is CCOC(=O)C(C(=O)[O-])c1c(F)cccc1Cl. The maximum Gasteiger partial charge on any atom is 0.319 e. The van der Waals surface area contributed by atoms with Gasteiger partial charge in [0, 0.05) is 10.6 Å². The first-order chi connectivity index (χ1) is 7.99. The molecule has 0 fully saturated rings. The van der Waals surface area contributed by atoms with Crippen LogP contribution in [0.5, 0.6) is 0 Å². The molecule has 0 heterocycles. The van der Waals surface area contributed by atoms with Gasteiger partial charge in [0.1, 0.15) is 11.7 Å². The van der Waals surface area contributed by atoms with E-state index in [1.165, 1.54) is 19.1 Å².